The van der Waals surface area contributed by atoms with E-state index in [0.717, 1.165) is 16.7 Å². The van der Waals surface area contributed by atoms with Gasteiger partial charge in [-0.15, -0.1) is 0 Å². The molecule has 294 valence electrons. The van der Waals surface area contributed by atoms with Crippen LogP contribution in [0.1, 0.15) is 52.3 Å². The Labute approximate surface area is 305 Å². The van der Waals surface area contributed by atoms with Crippen molar-refractivity contribution in [3.05, 3.63) is 58.4 Å². The standard InChI is InChI=1S/C37H57NO14/c1-9-20(4)32(51-36-30(45)28(43)26(41)24(16-39)49-36)21(5)15-19(3)12-10-11-18(2)13-14-23-22(6)33(34(47-7)35(38-23)48-8)52-37-31(46)29(44)27(42)25(17-40)50-37/h9-10,12-13,15,21,24-32,36-37,39-46H,11,14,16-17H2,1-8H3/b12-10+,18-13+,19-15+,20-9+/t21-,24-,25-,26-,27-,28+,29+,30-,31-,32+,36+,37+/m1/s1. The molecular formula is C37H57NO14. The molecule has 0 amide bonds. The van der Waals surface area contributed by atoms with Gasteiger partial charge in [-0.1, -0.05) is 48.5 Å². The first-order valence-corrected chi connectivity index (χ1v) is 17.3. The van der Waals surface area contributed by atoms with Gasteiger partial charge >= 0.3 is 0 Å². The van der Waals surface area contributed by atoms with E-state index in [4.69, 9.17) is 28.4 Å². The van der Waals surface area contributed by atoms with E-state index < -0.39 is 80.7 Å². The fraction of sp³-hybridized carbons (Fsp3) is 0.649. The van der Waals surface area contributed by atoms with Gasteiger partial charge in [0, 0.05) is 17.9 Å². The van der Waals surface area contributed by atoms with Crippen LogP contribution in [0.5, 0.6) is 17.4 Å². The zero-order valence-corrected chi connectivity index (χ0v) is 31.1. The number of aliphatic hydroxyl groups excluding tert-OH is 8. The third-order valence-corrected chi connectivity index (χ3v) is 9.39. The third kappa shape index (κ3) is 10.4. The highest BCUT2D eigenvalue weighted by Gasteiger charge is 2.46. The fourth-order valence-corrected chi connectivity index (χ4v) is 6.07. The molecule has 3 rings (SSSR count). The van der Waals surface area contributed by atoms with E-state index in [9.17, 15) is 40.9 Å². The van der Waals surface area contributed by atoms with E-state index in [-0.39, 0.29) is 23.3 Å². The van der Waals surface area contributed by atoms with Gasteiger partial charge in [0.2, 0.25) is 12.0 Å². The predicted molar refractivity (Wildman–Crippen MR) is 189 cm³/mol. The molecule has 12 atom stereocenters. The van der Waals surface area contributed by atoms with Gasteiger partial charge in [0.05, 0.1) is 39.2 Å². The van der Waals surface area contributed by atoms with Gasteiger partial charge in [-0.2, -0.15) is 0 Å². The number of ether oxygens (including phenoxy) is 6. The zero-order valence-electron chi connectivity index (χ0n) is 31.1. The Bertz CT molecular complexity index is 1430. The first kappa shape index (κ1) is 43.5. The summed E-state index contributed by atoms with van der Waals surface area (Å²) in [4.78, 5) is 4.60. The molecule has 0 saturated carbocycles. The molecule has 15 nitrogen and oxygen atoms in total. The summed E-state index contributed by atoms with van der Waals surface area (Å²) in [5.41, 5.74) is 4.03. The van der Waals surface area contributed by atoms with Crippen LogP contribution in [0.25, 0.3) is 0 Å². The Morgan fingerprint density at radius 3 is 1.94 bits per heavy atom. The van der Waals surface area contributed by atoms with Crippen LogP contribution in [0.4, 0.5) is 0 Å². The summed E-state index contributed by atoms with van der Waals surface area (Å²) in [6.07, 6.45) is -3.79. The highest BCUT2D eigenvalue weighted by atomic mass is 16.7. The van der Waals surface area contributed by atoms with Crippen molar-refractivity contribution in [1.29, 1.82) is 0 Å². The summed E-state index contributed by atoms with van der Waals surface area (Å²) in [7, 11) is 2.83. The first-order valence-electron chi connectivity index (χ1n) is 17.3. The minimum absolute atomic E-state index is 0.130. The molecule has 0 aromatic carbocycles. The molecule has 0 spiro atoms. The normalized spacial score (nSPS) is 31.8. The molecule has 0 aliphatic carbocycles. The van der Waals surface area contributed by atoms with E-state index in [0.29, 0.717) is 24.1 Å². The van der Waals surface area contributed by atoms with Crippen LogP contribution in [0.2, 0.25) is 0 Å². The largest absolute Gasteiger partial charge is 0.489 e. The second kappa shape index (κ2) is 19.9. The number of hydrogen-bond acceptors (Lipinski definition) is 15. The SMILES string of the molecule is C/C=C(\C)[C@H](O[C@@H]1O[C@H](CO)[C@@H](O)[C@H](O)[C@H]1O)[C@H](C)/C=C(C)/C=C/C/C(C)=C/Cc1nc(OC)c(OC)c(O[C@@H]2O[C@H](CO)[C@@H](O)[C@H](O)[C@H]2O)c1C. The van der Waals surface area contributed by atoms with Crippen LogP contribution in [0.15, 0.2) is 47.1 Å². The summed E-state index contributed by atoms with van der Waals surface area (Å²) in [5.74, 6) is 0.261. The maximum absolute atomic E-state index is 10.6. The Morgan fingerprint density at radius 2 is 1.40 bits per heavy atom. The minimum Gasteiger partial charge on any atom is -0.489 e. The van der Waals surface area contributed by atoms with Crippen molar-refractivity contribution in [2.75, 3.05) is 27.4 Å². The number of allylic oxidation sites excluding steroid dienone is 6. The zero-order chi connectivity index (χ0) is 38.9. The van der Waals surface area contributed by atoms with Gasteiger partial charge < -0.3 is 69.3 Å². The first-order chi connectivity index (χ1) is 24.6. The van der Waals surface area contributed by atoms with Gasteiger partial charge in [-0.3, -0.25) is 0 Å². The van der Waals surface area contributed by atoms with Crippen LogP contribution in [0.3, 0.4) is 0 Å². The number of aromatic nitrogens is 1. The molecular weight excluding hydrogens is 682 g/mol. The maximum Gasteiger partial charge on any atom is 0.261 e. The van der Waals surface area contributed by atoms with Crippen molar-refractivity contribution in [3.8, 4) is 17.4 Å². The molecule has 0 radical (unpaired) electrons. The monoisotopic (exact) mass is 739 g/mol. The van der Waals surface area contributed by atoms with Crippen molar-refractivity contribution in [2.24, 2.45) is 5.92 Å². The molecule has 3 heterocycles. The smallest absolute Gasteiger partial charge is 0.261 e. The number of aliphatic hydroxyl groups is 8. The van der Waals surface area contributed by atoms with Crippen LogP contribution in [-0.4, -0.2) is 141 Å². The average molecular weight is 740 g/mol. The number of pyridine rings is 1. The lowest BCUT2D eigenvalue weighted by Gasteiger charge is -2.41. The molecule has 0 unspecified atom stereocenters. The quantitative estimate of drug-likeness (QED) is 0.0864. The highest BCUT2D eigenvalue weighted by molar-refractivity contribution is 5.54. The molecule has 1 aromatic rings. The minimum atomic E-state index is -1.62. The van der Waals surface area contributed by atoms with Crippen molar-refractivity contribution >= 4 is 0 Å². The summed E-state index contributed by atoms with van der Waals surface area (Å²) in [6.45, 7) is 10.3. The molecule has 2 aliphatic heterocycles. The molecule has 2 fully saturated rings. The molecule has 52 heavy (non-hydrogen) atoms. The lowest BCUT2D eigenvalue weighted by molar-refractivity contribution is -0.310. The van der Waals surface area contributed by atoms with Crippen molar-refractivity contribution < 1.29 is 69.3 Å². The van der Waals surface area contributed by atoms with Crippen molar-refractivity contribution in [2.45, 2.75) is 122 Å². The predicted octanol–water partition coefficient (Wildman–Crippen LogP) is 0.755. The molecule has 1 aromatic heterocycles. The maximum atomic E-state index is 10.6. The van der Waals surface area contributed by atoms with Gasteiger partial charge in [0.25, 0.3) is 5.88 Å². The summed E-state index contributed by atoms with van der Waals surface area (Å²) < 4.78 is 34.2. The van der Waals surface area contributed by atoms with E-state index >= 15 is 0 Å². The molecule has 2 aliphatic rings. The number of hydrogen-bond donors (Lipinski definition) is 8. The highest BCUT2D eigenvalue weighted by Crippen LogP contribution is 2.41. The second-order valence-corrected chi connectivity index (χ2v) is 13.3. The van der Waals surface area contributed by atoms with E-state index in [1.54, 1.807) is 6.92 Å². The van der Waals surface area contributed by atoms with Crippen molar-refractivity contribution in [1.82, 2.24) is 4.98 Å². The second-order valence-electron chi connectivity index (χ2n) is 13.3. The summed E-state index contributed by atoms with van der Waals surface area (Å²) in [5, 5.41) is 81.0. The van der Waals surface area contributed by atoms with Crippen LogP contribution >= 0.6 is 0 Å². The fourth-order valence-electron chi connectivity index (χ4n) is 6.07. The van der Waals surface area contributed by atoms with Crippen LogP contribution < -0.4 is 14.2 Å². The van der Waals surface area contributed by atoms with E-state index in [1.165, 1.54) is 14.2 Å². The Morgan fingerprint density at radius 1 is 0.827 bits per heavy atom. The average Bonchev–Trinajstić information content (AvgIpc) is 3.13. The van der Waals surface area contributed by atoms with E-state index in [2.05, 4.69) is 4.98 Å². The van der Waals surface area contributed by atoms with Crippen LogP contribution in [-0.2, 0) is 20.6 Å². The lowest BCUT2D eigenvalue weighted by Crippen LogP contribution is -2.60. The van der Waals surface area contributed by atoms with Gasteiger partial charge in [0.15, 0.2) is 12.0 Å². The van der Waals surface area contributed by atoms with Gasteiger partial charge in [0.1, 0.15) is 48.8 Å². The number of methoxy groups -OCH3 is 2. The lowest BCUT2D eigenvalue weighted by atomic mass is 9.94. The number of nitrogens with zero attached hydrogens (tertiary/aromatic N) is 1. The van der Waals surface area contributed by atoms with Crippen molar-refractivity contribution in [3.63, 3.8) is 0 Å². The van der Waals surface area contributed by atoms with Gasteiger partial charge in [-0.05, 0) is 46.6 Å². The topological polar surface area (TPSA) is 230 Å². The Balaban J connectivity index is 1.73. The van der Waals surface area contributed by atoms with Gasteiger partial charge in [-0.25, -0.2) is 4.98 Å². The molecule has 8 N–H and O–H groups in total. The Hall–Kier alpha value is -2.93. The molecule has 2 saturated heterocycles. The summed E-state index contributed by atoms with van der Waals surface area (Å²) >= 11 is 0. The van der Waals surface area contributed by atoms with E-state index in [1.807, 2.05) is 65.0 Å². The molecule has 0 bridgehead atoms. The number of rotatable bonds is 16. The third-order valence-electron chi connectivity index (χ3n) is 9.39. The summed E-state index contributed by atoms with van der Waals surface area (Å²) in [6, 6.07) is 0. The molecule has 15 heteroatoms. The Kier molecular flexibility index (Phi) is 16.7. The van der Waals surface area contributed by atoms with Crippen LogP contribution in [0, 0.1) is 12.8 Å².